The third-order valence-corrected chi connectivity index (χ3v) is 7.08. The van der Waals surface area contributed by atoms with Crippen LogP contribution >= 0.6 is 0 Å². The number of carbonyl (C=O) groups is 2. The number of H-pyrrole nitrogens is 1. The van der Waals surface area contributed by atoms with E-state index in [1.807, 2.05) is 0 Å². The molecule has 3 N–H and O–H groups in total. The molecular formula is C24H27F2N7O4. The maximum absolute atomic E-state index is 14.8. The van der Waals surface area contributed by atoms with Gasteiger partial charge in [0.25, 0.3) is 17.4 Å². The molecule has 0 aromatic carbocycles. The van der Waals surface area contributed by atoms with Gasteiger partial charge < -0.3 is 15.6 Å². The van der Waals surface area contributed by atoms with Crippen LogP contribution in [0.5, 0.6) is 0 Å². The van der Waals surface area contributed by atoms with Crippen LogP contribution in [0.3, 0.4) is 0 Å². The van der Waals surface area contributed by atoms with Gasteiger partial charge in [-0.15, -0.1) is 5.10 Å². The van der Waals surface area contributed by atoms with E-state index in [4.69, 9.17) is 4.63 Å². The number of pyridine rings is 1. The number of carbonyl (C=O) groups excluding carboxylic acids is 2. The normalized spacial score (nSPS) is 17.0. The van der Waals surface area contributed by atoms with Crippen molar-refractivity contribution in [2.75, 3.05) is 5.32 Å². The number of hydrogen-bond acceptors (Lipinski definition) is 7. The van der Waals surface area contributed by atoms with Crippen molar-refractivity contribution in [3.05, 3.63) is 57.5 Å². The molecule has 0 spiro atoms. The highest BCUT2D eigenvalue weighted by Crippen LogP contribution is 2.51. The zero-order valence-electron chi connectivity index (χ0n) is 20.3. The average molecular weight is 516 g/mol. The Morgan fingerprint density at radius 3 is 2.57 bits per heavy atom. The molecule has 13 heteroatoms. The molecule has 37 heavy (non-hydrogen) atoms. The predicted molar refractivity (Wildman–Crippen MR) is 126 cm³/mol. The Morgan fingerprint density at radius 2 is 1.92 bits per heavy atom. The fourth-order valence-electron chi connectivity index (χ4n) is 4.84. The second kappa shape index (κ2) is 9.87. The lowest BCUT2D eigenvalue weighted by Gasteiger charge is -2.27. The maximum atomic E-state index is 14.8. The summed E-state index contributed by atoms with van der Waals surface area (Å²) in [6, 6.07) is -0.695. The van der Waals surface area contributed by atoms with Gasteiger partial charge in [0.15, 0.2) is 5.69 Å². The van der Waals surface area contributed by atoms with Crippen molar-refractivity contribution in [1.82, 2.24) is 30.4 Å². The van der Waals surface area contributed by atoms with Crippen LogP contribution in [-0.2, 0) is 11.2 Å². The first-order valence-corrected chi connectivity index (χ1v) is 12.3. The number of nitrogens with one attached hydrogen (secondary N) is 3. The van der Waals surface area contributed by atoms with E-state index in [-0.39, 0.29) is 34.7 Å². The Bertz CT molecular complexity index is 1360. The fraction of sp³-hybridized carbons (Fsp3) is 0.500. The summed E-state index contributed by atoms with van der Waals surface area (Å²) in [5.41, 5.74) is -0.324. The molecule has 2 fully saturated rings. The first kappa shape index (κ1) is 24.8. The topological polar surface area (TPSA) is 148 Å². The zero-order valence-corrected chi connectivity index (χ0v) is 20.3. The van der Waals surface area contributed by atoms with Crippen LogP contribution in [0, 0.1) is 29.5 Å². The third kappa shape index (κ3) is 5.16. The summed E-state index contributed by atoms with van der Waals surface area (Å²) in [4.78, 5) is 40.9. The van der Waals surface area contributed by atoms with E-state index in [1.54, 1.807) is 13.8 Å². The quantitative estimate of drug-likeness (QED) is 0.376. The van der Waals surface area contributed by atoms with Gasteiger partial charge in [0.2, 0.25) is 5.91 Å². The van der Waals surface area contributed by atoms with Crippen LogP contribution in [0.1, 0.15) is 67.3 Å². The minimum atomic E-state index is -0.971. The highest BCUT2D eigenvalue weighted by atomic mass is 19.1. The molecule has 2 amide bonds. The lowest BCUT2D eigenvalue weighted by Crippen LogP contribution is -2.50. The maximum Gasteiger partial charge on any atom is 0.276 e. The molecule has 0 saturated heterocycles. The van der Waals surface area contributed by atoms with Gasteiger partial charge in [-0.3, -0.25) is 19.1 Å². The second-order valence-electron chi connectivity index (χ2n) is 9.70. The molecule has 196 valence electrons. The predicted octanol–water partition coefficient (Wildman–Crippen LogP) is 2.58. The molecule has 0 bridgehead atoms. The summed E-state index contributed by atoms with van der Waals surface area (Å²) in [6.45, 7) is 3.36. The SMILES string of the molecule is CCc1nonc1C(=O)NC(C(=O)Nc1cn(C(C)c2cc(F)c[nH]c2=O)nc1F)C(C1CC1)C1CC1. The minimum absolute atomic E-state index is 0.0128. The molecule has 3 aromatic rings. The second-order valence-corrected chi connectivity index (χ2v) is 9.70. The number of halogens is 2. The Hall–Kier alpha value is -3.90. The van der Waals surface area contributed by atoms with E-state index in [2.05, 4.69) is 31.0 Å². The highest BCUT2D eigenvalue weighted by molar-refractivity contribution is 6.01. The monoisotopic (exact) mass is 515 g/mol. The van der Waals surface area contributed by atoms with Gasteiger partial charge in [0.1, 0.15) is 23.2 Å². The van der Waals surface area contributed by atoms with Gasteiger partial charge >= 0.3 is 0 Å². The Morgan fingerprint density at radius 1 is 1.22 bits per heavy atom. The summed E-state index contributed by atoms with van der Waals surface area (Å²) in [7, 11) is 0. The molecular weight excluding hydrogens is 488 g/mol. The first-order valence-electron chi connectivity index (χ1n) is 12.3. The summed E-state index contributed by atoms with van der Waals surface area (Å²) < 4.78 is 34.3. The van der Waals surface area contributed by atoms with Gasteiger partial charge in [0, 0.05) is 11.8 Å². The smallest absolute Gasteiger partial charge is 0.276 e. The molecule has 2 unspecified atom stereocenters. The summed E-state index contributed by atoms with van der Waals surface area (Å²) >= 11 is 0. The van der Waals surface area contributed by atoms with Gasteiger partial charge in [-0.25, -0.2) is 9.02 Å². The van der Waals surface area contributed by atoms with Gasteiger partial charge in [-0.1, -0.05) is 12.1 Å². The first-order chi connectivity index (χ1) is 17.8. The number of aromatic nitrogens is 5. The van der Waals surface area contributed by atoms with E-state index in [1.165, 1.54) is 6.20 Å². The molecule has 2 saturated carbocycles. The third-order valence-electron chi connectivity index (χ3n) is 7.08. The largest absolute Gasteiger partial charge is 0.338 e. The Kier molecular flexibility index (Phi) is 6.61. The van der Waals surface area contributed by atoms with Crippen LogP contribution in [0.2, 0.25) is 0 Å². The van der Waals surface area contributed by atoms with Gasteiger partial charge in [0.05, 0.1) is 12.2 Å². The lowest BCUT2D eigenvalue weighted by atomic mass is 9.88. The van der Waals surface area contributed by atoms with Crippen LogP contribution in [0.25, 0.3) is 0 Å². The van der Waals surface area contributed by atoms with Crippen LogP contribution in [0.15, 0.2) is 27.9 Å². The van der Waals surface area contributed by atoms with Crippen molar-refractivity contribution in [2.24, 2.45) is 17.8 Å². The Labute approximate surface area is 210 Å². The van der Waals surface area contributed by atoms with E-state index < -0.39 is 41.2 Å². The number of nitrogens with zero attached hydrogens (tertiary/aromatic N) is 4. The molecule has 2 aliphatic carbocycles. The number of hydrogen-bond donors (Lipinski definition) is 3. The van der Waals surface area contributed by atoms with Crippen molar-refractivity contribution >= 4 is 17.5 Å². The number of aromatic amines is 1. The fourth-order valence-corrected chi connectivity index (χ4v) is 4.84. The van der Waals surface area contributed by atoms with E-state index >= 15 is 0 Å². The van der Waals surface area contributed by atoms with E-state index in [9.17, 15) is 23.2 Å². The number of amides is 2. The van der Waals surface area contributed by atoms with Crippen LogP contribution in [0.4, 0.5) is 14.5 Å². The van der Waals surface area contributed by atoms with Crippen LogP contribution in [-0.4, -0.2) is 42.9 Å². The highest BCUT2D eigenvalue weighted by Gasteiger charge is 2.48. The zero-order chi connectivity index (χ0) is 26.3. The molecule has 0 radical (unpaired) electrons. The van der Waals surface area contributed by atoms with E-state index in [0.717, 1.165) is 42.6 Å². The van der Waals surface area contributed by atoms with E-state index in [0.29, 0.717) is 12.1 Å². The molecule has 11 nitrogen and oxygen atoms in total. The molecule has 5 rings (SSSR count). The van der Waals surface area contributed by atoms with Crippen molar-refractivity contribution in [3.8, 4) is 0 Å². The summed E-state index contributed by atoms with van der Waals surface area (Å²) in [5, 5.41) is 16.5. The van der Waals surface area contributed by atoms with Crippen molar-refractivity contribution in [1.29, 1.82) is 0 Å². The van der Waals surface area contributed by atoms with Gasteiger partial charge in [-0.05, 0) is 68.0 Å². The Balaban J connectivity index is 1.38. The average Bonchev–Trinajstić information content (AvgIpc) is 3.81. The van der Waals surface area contributed by atoms with Crippen molar-refractivity contribution in [3.63, 3.8) is 0 Å². The summed E-state index contributed by atoms with van der Waals surface area (Å²) in [6.07, 6.45) is 6.42. The van der Waals surface area contributed by atoms with Crippen molar-refractivity contribution < 1.29 is 23.0 Å². The molecule has 3 heterocycles. The minimum Gasteiger partial charge on any atom is -0.338 e. The van der Waals surface area contributed by atoms with Crippen LogP contribution < -0.4 is 16.2 Å². The number of anilines is 1. The molecule has 2 atom stereocenters. The van der Waals surface area contributed by atoms with Gasteiger partial charge in [-0.2, -0.15) is 4.39 Å². The standard InChI is InChI=1S/C24H27F2N7O4/c1-3-16-19(32-37-31-16)23(35)29-20(18(12-4-5-12)13-6-7-13)24(36)28-17-10-33(30-21(17)26)11(2)15-8-14(25)9-27-22(15)34/h8-13,18,20H,3-7H2,1-2H3,(H,27,34)(H,28,36)(H,29,35). The lowest BCUT2D eigenvalue weighted by molar-refractivity contribution is -0.119. The summed E-state index contributed by atoms with van der Waals surface area (Å²) in [5.74, 6) is -2.31. The molecule has 0 aliphatic heterocycles. The number of rotatable bonds is 10. The molecule has 2 aliphatic rings. The van der Waals surface area contributed by atoms with Crippen molar-refractivity contribution in [2.45, 2.75) is 58.0 Å². The molecule has 3 aromatic heterocycles. The number of aryl methyl sites for hydroxylation is 1.